The number of nitrogens with one attached hydrogen (secondary N) is 1. The average molecular weight is 413 g/mol. The molecule has 0 heterocycles. The van der Waals surface area contributed by atoms with Crippen LogP contribution in [0.25, 0.3) is 0 Å². The summed E-state index contributed by atoms with van der Waals surface area (Å²) in [6.07, 6.45) is 3.13. The minimum Gasteiger partial charge on any atom is -0.452 e. The third kappa shape index (κ3) is 5.30. The van der Waals surface area contributed by atoms with E-state index in [1.807, 2.05) is 0 Å². The molecule has 0 radical (unpaired) electrons. The third-order valence-corrected chi connectivity index (χ3v) is 7.03. The second-order valence-corrected chi connectivity index (χ2v) is 9.08. The summed E-state index contributed by atoms with van der Waals surface area (Å²) in [5, 5.41) is 2.93. The summed E-state index contributed by atoms with van der Waals surface area (Å²) in [6, 6.07) is 5.47. The number of esters is 1. The summed E-state index contributed by atoms with van der Waals surface area (Å²) in [5.74, 6) is -0.218. The number of rotatable bonds is 7. The zero-order chi connectivity index (χ0) is 20.9. The smallest absolute Gasteiger partial charge is 0.338 e. The Hall–Kier alpha value is -1.97. The molecule has 0 saturated heterocycles. The molecular formula is C19H28N2O6S. The van der Waals surface area contributed by atoms with Gasteiger partial charge in [-0.3, -0.25) is 9.63 Å². The minimum absolute atomic E-state index is 0.0398. The number of ether oxygens (including phenoxy) is 1. The molecule has 1 aromatic rings. The van der Waals surface area contributed by atoms with Gasteiger partial charge in [0.1, 0.15) is 0 Å². The summed E-state index contributed by atoms with van der Waals surface area (Å²) >= 11 is 0. The normalized spacial score (nSPS) is 22.7. The number of benzene rings is 1. The van der Waals surface area contributed by atoms with E-state index in [0.29, 0.717) is 16.3 Å². The number of nitrogens with zero attached hydrogens (tertiary/aromatic N) is 1. The van der Waals surface area contributed by atoms with E-state index in [2.05, 4.69) is 19.2 Å². The highest BCUT2D eigenvalue weighted by Gasteiger charge is 2.28. The number of sulfonamides is 1. The molecule has 1 aromatic carbocycles. The summed E-state index contributed by atoms with van der Waals surface area (Å²) in [6.45, 7) is 3.88. The number of carbonyl (C=O) groups is 2. The van der Waals surface area contributed by atoms with Crippen LogP contribution in [-0.2, 0) is 24.4 Å². The number of hydrogen-bond acceptors (Lipinski definition) is 6. The minimum atomic E-state index is -3.88. The van der Waals surface area contributed by atoms with Gasteiger partial charge in [-0.2, -0.15) is 0 Å². The predicted molar refractivity (Wildman–Crippen MR) is 103 cm³/mol. The highest BCUT2D eigenvalue weighted by molar-refractivity contribution is 7.89. The van der Waals surface area contributed by atoms with Gasteiger partial charge in [0.25, 0.3) is 15.9 Å². The van der Waals surface area contributed by atoms with E-state index in [-0.39, 0.29) is 22.4 Å². The van der Waals surface area contributed by atoms with Crippen molar-refractivity contribution in [3.8, 4) is 0 Å². The molecule has 0 aliphatic heterocycles. The molecule has 1 N–H and O–H groups in total. The maximum absolute atomic E-state index is 12.3. The zero-order valence-electron chi connectivity index (χ0n) is 16.7. The van der Waals surface area contributed by atoms with Gasteiger partial charge in [-0.15, -0.1) is 0 Å². The number of hydrogen-bond donors (Lipinski definition) is 1. The number of hydroxylamine groups is 1. The van der Waals surface area contributed by atoms with E-state index in [1.165, 1.54) is 38.4 Å². The monoisotopic (exact) mass is 412 g/mol. The molecule has 1 fully saturated rings. The van der Waals surface area contributed by atoms with E-state index in [9.17, 15) is 18.0 Å². The Morgan fingerprint density at radius 3 is 2.64 bits per heavy atom. The summed E-state index contributed by atoms with van der Waals surface area (Å²) < 4.78 is 30.3. The van der Waals surface area contributed by atoms with Gasteiger partial charge < -0.3 is 10.1 Å². The van der Waals surface area contributed by atoms with Crippen LogP contribution in [0.1, 0.15) is 43.5 Å². The SMILES string of the molecule is CON(C)S(=O)(=O)c1cccc(C(=O)OCC(=O)N[C@@H]2CCC[C@@H](C)[C@H]2C)c1. The maximum atomic E-state index is 12.3. The zero-order valence-corrected chi connectivity index (χ0v) is 17.5. The molecule has 0 unspecified atom stereocenters. The molecule has 8 nitrogen and oxygen atoms in total. The Morgan fingerprint density at radius 2 is 1.96 bits per heavy atom. The van der Waals surface area contributed by atoms with Crippen LogP contribution in [-0.4, -0.2) is 51.6 Å². The van der Waals surface area contributed by atoms with Crippen molar-refractivity contribution >= 4 is 21.9 Å². The lowest BCUT2D eigenvalue weighted by molar-refractivity contribution is -0.125. The molecular weight excluding hydrogens is 384 g/mol. The Morgan fingerprint density at radius 1 is 1.25 bits per heavy atom. The van der Waals surface area contributed by atoms with E-state index in [1.54, 1.807) is 0 Å². The summed E-state index contributed by atoms with van der Waals surface area (Å²) in [7, 11) is -1.41. The van der Waals surface area contributed by atoms with E-state index >= 15 is 0 Å². The molecule has 0 bridgehead atoms. The lowest BCUT2D eigenvalue weighted by Crippen LogP contribution is -2.45. The van der Waals surface area contributed by atoms with Gasteiger partial charge in [0.05, 0.1) is 17.6 Å². The highest BCUT2D eigenvalue weighted by Crippen LogP contribution is 2.29. The van der Waals surface area contributed by atoms with Gasteiger partial charge in [0, 0.05) is 13.1 Å². The maximum Gasteiger partial charge on any atom is 0.338 e. The van der Waals surface area contributed by atoms with Crippen molar-refractivity contribution in [2.45, 2.75) is 44.0 Å². The van der Waals surface area contributed by atoms with Crippen LogP contribution in [0.2, 0.25) is 0 Å². The van der Waals surface area contributed by atoms with Gasteiger partial charge >= 0.3 is 5.97 Å². The molecule has 9 heteroatoms. The molecule has 0 aromatic heterocycles. The summed E-state index contributed by atoms with van der Waals surface area (Å²) in [4.78, 5) is 29.0. The Labute approximate surface area is 166 Å². The van der Waals surface area contributed by atoms with Crippen LogP contribution in [0, 0.1) is 11.8 Å². The molecule has 1 saturated carbocycles. The van der Waals surface area contributed by atoms with Crippen molar-refractivity contribution in [2.75, 3.05) is 20.8 Å². The lowest BCUT2D eigenvalue weighted by atomic mass is 9.78. The van der Waals surface area contributed by atoms with Crippen LogP contribution >= 0.6 is 0 Å². The highest BCUT2D eigenvalue weighted by atomic mass is 32.2. The van der Waals surface area contributed by atoms with Crippen LogP contribution < -0.4 is 5.32 Å². The van der Waals surface area contributed by atoms with Crippen molar-refractivity contribution in [2.24, 2.45) is 11.8 Å². The first-order valence-electron chi connectivity index (χ1n) is 9.26. The molecule has 3 atom stereocenters. The lowest BCUT2D eigenvalue weighted by Gasteiger charge is -2.34. The first kappa shape index (κ1) is 22.3. The largest absolute Gasteiger partial charge is 0.452 e. The molecule has 1 amide bonds. The number of carbonyl (C=O) groups excluding carboxylic acids is 2. The third-order valence-electron chi connectivity index (χ3n) is 5.35. The second kappa shape index (κ2) is 9.49. The Balaban J connectivity index is 1.96. The van der Waals surface area contributed by atoms with E-state index in [4.69, 9.17) is 9.57 Å². The quantitative estimate of drug-likeness (QED) is 0.543. The van der Waals surface area contributed by atoms with Crippen LogP contribution in [0.5, 0.6) is 0 Å². The first-order valence-corrected chi connectivity index (χ1v) is 10.7. The molecule has 28 heavy (non-hydrogen) atoms. The van der Waals surface area contributed by atoms with E-state index < -0.39 is 22.6 Å². The first-order chi connectivity index (χ1) is 13.2. The van der Waals surface area contributed by atoms with Gasteiger partial charge in [-0.05, 0) is 36.5 Å². The molecule has 2 rings (SSSR count). The second-order valence-electron chi connectivity index (χ2n) is 7.14. The number of amides is 1. The van der Waals surface area contributed by atoms with Gasteiger partial charge in [0.15, 0.2) is 6.61 Å². The van der Waals surface area contributed by atoms with Crippen molar-refractivity contribution in [1.29, 1.82) is 0 Å². The fourth-order valence-corrected chi connectivity index (χ4v) is 4.30. The van der Waals surface area contributed by atoms with Crippen LogP contribution in [0.4, 0.5) is 0 Å². The van der Waals surface area contributed by atoms with Crippen LogP contribution in [0.3, 0.4) is 0 Å². The fourth-order valence-electron chi connectivity index (χ4n) is 3.28. The summed E-state index contributed by atoms with van der Waals surface area (Å²) in [5.41, 5.74) is 0.0398. The van der Waals surface area contributed by atoms with E-state index in [0.717, 1.165) is 19.3 Å². The Bertz CT molecular complexity index is 810. The van der Waals surface area contributed by atoms with Crippen molar-refractivity contribution in [3.05, 3.63) is 29.8 Å². The standard InChI is InChI=1S/C19H28N2O6S/c1-13-7-5-10-17(14(13)2)20-18(22)12-27-19(23)15-8-6-9-16(11-15)28(24,25)21(3)26-4/h6,8-9,11,13-14,17H,5,7,10,12H2,1-4H3,(H,20,22)/t13-,14-,17-/m1/s1. The van der Waals surface area contributed by atoms with Gasteiger partial charge in [-0.1, -0.05) is 37.2 Å². The van der Waals surface area contributed by atoms with Crippen LogP contribution in [0.15, 0.2) is 29.2 Å². The predicted octanol–water partition coefficient (Wildman–Crippen LogP) is 1.97. The van der Waals surface area contributed by atoms with Crippen molar-refractivity contribution < 1.29 is 27.6 Å². The van der Waals surface area contributed by atoms with Crippen molar-refractivity contribution in [1.82, 2.24) is 9.79 Å². The van der Waals surface area contributed by atoms with Gasteiger partial charge in [0.2, 0.25) is 0 Å². The topological polar surface area (TPSA) is 102 Å². The fraction of sp³-hybridized carbons (Fsp3) is 0.579. The Kier molecular flexibility index (Phi) is 7.56. The van der Waals surface area contributed by atoms with Crippen molar-refractivity contribution in [3.63, 3.8) is 0 Å². The molecule has 1 aliphatic rings. The average Bonchev–Trinajstić information content (AvgIpc) is 2.69. The molecule has 0 spiro atoms. The molecule has 1 aliphatic carbocycles. The van der Waals surface area contributed by atoms with Gasteiger partial charge in [-0.25, -0.2) is 13.2 Å². The molecule has 156 valence electrons.